The summed E-state index contributed by atoms with van der Waals surface area (Å²) in [5.74, 6) is 1.61. The fourth-order valence-electron chi connectivity index (χ4n) is 3.30. The number of pyridine rings is 1. The van der Waals surface area contributed by atoms with Crippen LogP contribution in [0.4, 0.5) is 5.82 Å². The first kappa shape index (κ1) is 16.0. The van der Waals surface area contributed by atoms with Crippen molar-refractivity contribution in [2.75, 3.05) is 12.5 Å². The van der Waals surface area contributed by atoms with Gasteiger partial charge in [-0.2, -0.15) is 5.26 Å². The molecule has 1 aliphatic heterocycles. The first-order chi connectivity index (χ1) is 12.7. The minimum absolute atomic E-state index is 0.207. The number of ether oxygens (including phenoxy) is 2. The van der Waals surface area contributed by atoms with Crippen LogP contribution in [-0.4, -0.2) is 11.8 Å². The van der Waals surface area contributed by atoms with Crippen molar-refractivity contribution >= 4 is 5.82 Å². The number of aromatic nitrogens is 1. The molecule has 2 N–H and O–H groups in total. The minimum Gasteiger partial charge on any atom is -0.454 e. The largest absolute Gasteiger partial charge is 0.454 e. The highest BCUT2D eigenvalue weighted by molar-refractivity contribution is 5.85. The summed E-state index contributed by atoms with van der Waals surface area (Å²) in [6, 6.07) is 17.8. The van der Waals surface area contributed by atoms with Crippen molar-refractivity contribution in [3.8, 4) is 40.0 Å². The quantitative estimate of drug-likeness (QED) is 0.772. The second-order valence-corrected chi connectivity index (χ2v) is 5.97. The van der Waals surface area contributed by atoms with Gasteiger partial charge in [-0.15, -0.1) is 0 Å². The molecule has 3 aromatic rings. The normalized spacial score (nSPS) is 12.0. The molecule has 2 aromatic carbocycles. The van der Waals surface area contributed by atoms with Crippen LogP contribution < -0.4 is 15.2 Å². The maximum Gasteiger partial charge on any atom is 0.231 e. The molecule has 0 unspecified atom stereocenters. The van der Waals surface area contributed by atoms with Gasteiger partial charge in [0, 0.05) is 11.1 Å². The van der Waals surface area contributed by atoms with Crippen LogP contribution in [0.3, 0.4) is 0 Å². The van der Waals surface area contributed by atoms with E-state index in [4.69, 9.17) is 15.2 Å². The van der Waals surface area contributed by atoms with Crippen molar-refractivity contribution in [2.24, 2.45) is 0 Å². The van der Waals surface area contributed by atoms with E-state index in [2.05, 4.69) is 18.0 Å². The lowest BCUT2D eigenvalue weighted by Gasteiger charge is -2.17. The molecule has 128 valence electrons. The lowest BCUT2D eigenvalue weighted by Crippen LogP contribution is -2.05. The summed E-state index contributed by atoms with van der Waals surface area (Å²) in [6.07, 6.45) is 0.718. The van der Waals surface area contributed by atoms with Crippen molar-refractivity contribution in [2.45, 2.75) is 13.3 Å². The summed E-state index contributed by atoms with van der Waals surface area (Å²) in [6.45, 7) is 2.26. The van der Waals surface area contributed by atoms with Crippen LogP contribution in [0.5, 0.6) is 11.5 Å². The lowest BCUT2D eigenvalue weighted by molar-refractivity contribution is 0.174. The molecule has 26 heavy (non-hydrogen) atoms. The van der Waals surface area contributed by atoms with E-state index in [0.717, 1.165) is 34.4 Å². The lowest BCUT2D eigenvalue weighted by atomic mass is 9.90. The van der Waals surface area contributed by atoms with Crippen LogP contribution in [0.25, 0.3) is 22.4 Å². The van der Waals surface area contributed by atoms with E-state index < -0.39 is 0 Å². The molecule has 0 fully saturated rings. The molecule has 0 amide bonds. The fraction of sp³-hybridized carbons (Fsp3) is 0.143. The number of rotatable bonds is 3. The van der Waals surface area contributed by atoms with Crippen molar-refractivity contribution in [1.82, 2.24) is 4.98 Å². The Hall–Kier alpha value is -3.52. The van der Waals surface area contributed by atoms with E-state index in [0.29, 0.717) is 17.1 Å². The summed E-state index contributed by atoms with van der Waals surface area (Å²) >= 11 is 0. The second-order valence-electron chi connectivity index (χ2n) is 5.97. The minimum atomic E-state index is 0.207. The third-order valence-corrected chi connectivity index (χ3v) is 4.50. The van der Waals surface area contributed by atoms with Crippen LogP contribution in [0.15, 0.2) is 48.5 Å². The number of anilines is 1. The molecule has 5 heteroatoms. The van der Waals surface area contributed by atoms with Crippen molar-refractivity contribution in [1.29, 1.82) is 5.26 Å². The highest BCUT2D eigenvalue weighted by atomic mass is 16.7. The van der Waals surface area contributed by atoms with Gasteiger partial charge in [-0.05, 0) is 29.7 Å². The predicted molar refractivity (Wildman–Crippen MR) is 99.7 cm³/mol. The fourth-order valence-corrected chi connectivity index (χ4v) is 3.30. The summed E-state index contributed by atoms with van der Waals surface area (Å²) in [7, 11) is 0. The van der Waals surface area contributed by atoms with Crippen molar-refractivity contribution < 1.29 is 9.47 Å². The summed E-state index contributed by atoms with van der Waals surface area (Å²) < 4.78 is 10.9. The highest BCUT2D eigenvalue weighted by Gasteiger charge is 2.22. The molecule has 0 bridgehead atoms. The number of nitrogens with zero attached hydrogens (tertiary/aromatic N) is 2. The summed E-state index contributed by atoms with van der Waals surface area (Å²) in [5.41, 5.74) is 11.0. The molecule has 0 saturated heterocycles. The molecule has 0 spiro atoms. The zero-order valence-corrected chi connectivity index (χ0v) is 14.3. The van der Waals surface area contributed by atoms with Crippen molar-refractivity contribution in [3.63, 3.8) is 0 Å². The Balaban J connectivity index is 2.01. The van der Waals surface area contributed by atoms with Crippen LogP contribution in [0.2, 0.25) is 0 Å². The molecule has 1 aromatic heterocycles. The average Bonchev–Trinajstić information content (AvgIpc) is 3.15. The van der Waals surface area contributed by atoms with E-state index in [-0.39, 0.29) is 12.6 Å². The highest BCUT2D eigenvalue weighted by Crippen LogP contribution is 2.41. The van der Waals surface area contributed by atoms with Gasteiger partial charge in [-0.3, -0.25) is 0 Å². The molecule has 5 nitrogen and oxygen atoms in total. The number of hydrogen-bond acceptors (Lipinski definition) is 5. The average molecular weight is 343 g/mol. The molecular formula is C21H17N3O2. The van der Waals surface area contributed by atoms with E-state index in [1.165, 1.54) is 0 Å². The van der Waals surface area contributed by atoms with Gasteiger partial charge in [0.25, 0.3) is 0 Å². The zero-order chi connectivity index (χ0) is 18.1. The van der Waals surface area contributed by atoms with Crippen LogP contribution in [0, 0.1) is 11.3 Å². The van der Waals surface area contributed by atoms with Crippen LogP contribution >= 0.6 is 0 Å². The molecule has 0 saturated carbocycles. The predicted octanol–water partition coefficient (Wildman–Crippen LogP) is 4.16. The number of benzene rings is 2. The van der Waals surface area contributed by atoms with E-state index in [9.17, 15) is 5.26 Å². The molecule has 1 aliphatic rings. The van der Waals surface area contributed by atoms with Gasteiger partial charge >= 0.3 is 0 Å². The number of nitriles is 1. The van der Waals surface area contributed by atoms with E-state index in [1.807, 2.05) is 48.5 Å². The number of fused-ring (bicyclic) bond motifs is 1. The summed E-state index contributed by atoms with van der Waals surface area (Å²) in [5, 5.41) is 9.71. The van der Waals surface area contributed by atoms with Gasteiger partial charge in [0.15, 0.2) is 11.5 Å². The van der Waals surface area contributed by atoms with E-state index >= 15 is 0 Å². The maximum absolute atomic E-state index is 9.71. The number of nitrogens with two attached hydrogens (primary N) is 1. The SMILES string of the molecule is CCc1c(-c2ccccc2)nc(N)c(C#N)c1-c1ccc2c(c1)OCO2. The molecule has 0 aliphatic carbocycles. The maximum atomic E-state index is 9.71. The van der Waals surface area contributed by atoms with Gasteiger partial charge in [-0.25, -0.2) is 4.98 Å². The Morgan fingerprint density at radius 2 is 1.85 bits per heavy atom. The molecule has 0 atom stereocenters. The first-order valence-electron chi connectivity index (χ1n) is 8.40. The second kappa shape index (κ2) is 6.41. The standard InChI is InChI=1S/C21H17N3O2/c1-2-15-19(14-8-9-17-18(10-14)26-12-25-17)16(11-22)21(23)24-20(15)13-6-4-3-5-7-13/h3-10H,2,12H2,1H3,(H2,23,24). The molecule has 4 rings (SSSR count). The Bertz CT molecular complexity index is 1020. The number of nitrogen functional groups attached to an aromatic ring is 1. The van der Waals surface area contributed by atoms with Crippen LogP contribution in [-0.2, 0) is 6.42 Å². The molecule has 0 radical (unpaired) electrons. The Morgan fingerprint density at radius 1 is 1.08 bits per heavy atom. The number of hydrogen-bond donors (Lipinski definition) is 1. The van der Waals surface area contributed by atoms with Gasteiger partial charge in [0.05, 0.1) is 5.69 Å². The third kappa shape index (κ3) is 2.52. The van der Waals surface area contributed by atoms with E-state index in [1.54, 1.807) is 0 Å². The van der Waals surface area contributed by atoms with Gasteiger partial charge < -0.3 is 15.2 Å². The molecule has 2 heterocycles. The smallest absolute Gasteiger partial charge is 0.231 e. The van der Waals surface area contributed by atoms with Gasteiger partial charge in [0.2, 0.25) is 6.79 Å². The van der Waals surface area contributed by atoms with Gasteiger partial charge in [-0.1, -0.05) is 43.3 Å². The Labute approximate surface area is 151 Å². The Morgan fingerprint density at radius 3 is 2.58 bits per heavy atom. The molecular weight excluding hydrogens is 326 g/mol. The monoisotopic (exact) mass is 343 g/mol. The third-order valence-electron chi connectivity index (χ3n) is 4.50. The zero-order valence-electron chi connectivity index (χ0n) is 14.3. The Kier molecular flexibility index (Phi) is 3.94. The van der Waals surface area contributed by atoms with Crippen LogP contribution in [0.1, 0.15) is 18.1 Å². The summed E-state index contributed by atoms with van der Waals surface area (Å²) in [4.78, 5) is 4.54. The van der Waals surface area contributed by atoms with Gasteiger partial charge in [0.1, 0.15) is 17.5 Å². The first-order valence-corrected chi connectivity index (χ1v) is 8.40. The topological polar surface area (TPSA) is 81.2 Å². The van der Waals surface area contributed by atoms with Crippen molar-refractivity contribution in [3.05, 3.63) is 59.7 Å².